The maximum absolute atomic E-state index is 11.4. The van der Waals surface area contributed by atoms with Crippen LogP contribution in [0.2, 0.25) is 0 Å². The molecule has 314 valence electrons. The summed E-state index contributed by atoms with van der Waals surface area (Å²) in [6, 6.07) is 81.8. The van der Waals surface area contributed by atoms with Crippen LogP contribution in [0.25, 0.3) is 121 Å². The third kappa shape index (κ3) is 5.31. The SMILES string of the molecule is N#Cc1cccc(-c2cc(-n3c4ccccc4c4ccc(-n5c6ccccc6c6ccccc65)cc43)c(C#N)cc2-n2c3ccccc3c3ccc(-n4c5ccccc5c5ccccc54)cc32)c1. The van der Waals surface area contributed by atoms with Gasteiger partial charge in [-0.1, -0.05) is 133 Å². The maximum Gasteiger partial charge on any atom is 0.101 e. The minimum absolute atomic E-state index is 0.523. The third-order valence-corrected chi connectivity index (χ3v) is 14.0. The standard InChI is InChI=1S/C62H36N6/c63-37-39-14-13-15-40(32-39)52-36-59(67-57-26-11-5-20-48(57)50-30-28-42(34-61(50)67)65-53-22-7-1-16-44(53)45-17-2-8-23-54(45)65)41(38-64)33-60(52)68-58-27-12-6-21-49(58)51-31-29-43(35-62(51)68)66-55-24-9-3-18-46(55)47-19-4-10-25-56(47)66/h1-36H. The molecule has 10 aromatic carbocycles. The number of para-hydroxylation sites is 6. The van der Waals surface area contributed by atoms with Crippen LogP contribution in [0.5, 0.6) is 0 Å². The Bertz CT molecular complexity index is 4430. The topological polar surface area (TPSA) is 67.3 Å². The van der Waals surface area contributed by atoms with Crippen LogP contribution in [0.3, 0.4) is 0 Å². The monoisotopic (exact) mass is 864 g/mol. The molecule has 0 spiro atoms. The summed E-state index contributed by atoms with van der Waals surface area (Å²) in [5.74, 6) is 0. The largest absolute Gasteiger partial charge is 0.309 e. The summed E-state index contributed by atoms with van der Waals surface area (Å²) in [6.45, 7) is 0. The number of hydrogen-bond acceptors (Lipinski definition) is 2. The number of rotatable bonds is 5. The predicted octanol–water partition coefficient (Wildman–Crippen LogP) is 15.5. The molecule has 0 atom stereocenters. The van der Waals surface area contributed by atoms with Crippen molar-refractivity contribution in [2.24, 2.45) is 0 Å². The Morgan fingerprint density at radius 1 is 0.279 bits per heavy atom. The lowest BCUT2D eigenvalue weighted by Gasteiger charge is -2.19. The van der Waals surface area contributed by atoms with Crippen LogP contribution >= 0.6 is 0 Å². The molecule has 6 heteroatoms. The highest BCUT2D eigenvalue weighted by atomic mass is 15.0. The highest BCUT2D eigenvalue weighted by Gasteiger charge is 2.24. The van der Waals surface area contributed by atoms with Gasteiger partial charge in [0.2, 0.25) is 0 Å². The van der Waals surface area contributed by atoms with Crippen LogP contribution in [0, 0.1) is 22.7 Å². The fourth-order valence-corrected chi connectivity index (χ4v) is 11.1. The second-order valence-corrected chi connectivity index (χ2v) is 17.5. The Morgan fingerprint density at radius 2 is 0.662 bits per heavy atom. The molecule has 4 aromatic heterocycles. The molecule has 0 fully saturated rings. The van der Waals surface area contributed by atoms with E-state index >= 15 is 0 Å². The molecule has 0 unspecified atom stereocenters. The summed E-state index contributed by atoms with van der Waals surface area (Å²) in [6.07, 6.45) is 0. The van der Waals surface area contributed by atoms with E-state index in [0.29, 0.717) is 11.1 Å². The predicted molar refractivity (Wildman–Crippen MR) is 279 cm³/mol. The number of hydrogen-bond donors (Lipinski definition) is 0. The summed E-state index contributed by atoms with van der Waals surface area (Å²) in [5.41, 5.74) is 15.0. The van der Waals surface area contributed by atoms with Gasteiger partial charge in [0, 0.05) is 60.0 Å². The molecule has 0 aliphatic rings. The van der Waals surface area contributed by atoms with Gasteiger partial charge < -0.3 is 18.3 Å². The number of aromatic nitrogens is 4. The molecule has 68 heavy (non-hydrogen) atoms. The molecule has 0 amide bonds. The van der Waals surface area contributed by atoms with Crippen molar-refractivity contribution < 1.29 is 0 Å². The first-order valence-electron chi connectivity index (χ1n) is 22.8. The normalized spacial score (nSPS) is 11.8. The van der Waals surface area contributed by atoms with Gasteiger partial charge in [0.1, 0.15) is 6.07 Å². The lowest BCUT2D eigenvalue weighted by molar-refractivity contribution is 1.12. The summed E-state index contributed by atoms with van der Waals surface area (Å²) >= 11 is 0. The van der Waals surface area contributed by atoms with Crippen molar-refractivity contribution in [1.82, 2.24) is 18.3 Å². The highest BCUT2D eigenvalue weighted by Crippen LogP contribution is 2.43. The van der Waals surface area contributed by atoms with Crippen LogP contribution < -0.4 is 0 Å². The Kier molecular flexibility index (Phi) is 8.01. The molecule has 6 nitrogen and oxygen atoms in total. The van der Waals surface area contributed by atoms with Gasteiger partial charge in [-0.25, -0.2) is 0 Å². The van der Waals surface area contributed by atoms with Crippen molar-refractivity contribution in [3.63, 3.8) is 0 Å². The van der Waals surface area contributed by atoms with Crippen molar-refractivity contribution in [2.75, 3.05) is 0 Å². The lowest BCUT2D eigenvalue weighted by atomic mass is 9.98. The average Bonchev–Trinajstić information content (AvgIpc) is 4.13. The van der Waals surface area contributed by atoms with Crippen molar-refractivity contribution in [3.05, 3.63) is 230 Å². The van der Waals surface area contributed by atoms with E-state index in [1.54, 1.807) is 0 Å². The minimum Gasteiger partial charge on any atom is -0.309 e. The molecule has 14 rings (SSSR count). The van der Waals surface area contributed by atoms with E-state index in [0.717, 1.165) is 99.6 Å². The van der Waals surface area contributed by atoms with Crippen LogP contribution in [0.4, 0.5) is 0 Å². The fourth-order valence-electron chi connectivity index (χ4n) is 11.1. The van der Waals surface area contributed by atoms with E-state index < -0.39 is 0 Å². The molecule has 4 heterocycles. The highest BCUT2D eigenvalue weighted by molar-refractivity contribution is 6.14. The number of benzene rings is 10. The summed E-state index contributed by atoms with van der Waals surface area (Å²) < 4.78 is 9.26. The van der Waals surface area contributed by atoms with E-state index in [9.17, 15) is 10.5 Å². The summed E-state index contributed by atoms with van der Waals surface area (Å²) in [5, 5.41) is 30.9. The van der Waals surface area contributed by atoms with Crippen molar-refractivity contribution in [2.45, 2.75) is 0 Å². The van der Waals surface area contributed by atoms with Gasteiger partial charge >= 0.3 is 0 Å². The lowest BCUT2D eigenvalue weighted by Crippen LogP contribution is -2.04. The first-order valence-corrected chi connectivity index (χ1v) is 22.8. The van der Waals surface area contributed by atoms with Gasteiger partial charge in [-0.3, -0.25) is 0 Å². The average molecular weight is 865 g/mol. The van der Waals surface area contributed by atoms with Gasteiger partial charge in [0.05, 0.1) is 72.7 Å². The van der Waals surface area contributed by atoms with Crippen molar-refractivity contribution >= 4 is 87.2 Å². The zero-order valence-corrected chi connectivity index (χ0v) is 36.5. The van der Waals surface area contributed by atoms with Crippen LogP contribution in [-0.2, 0) is 0 Å². The molecule has 0 aliphatic heterocycles. The Hall–Kier alpha value is -9.62. The molecule has 14 aromatic rings. The molecular weight excluding hydrogens is 829 g/mol. The Morgan fingerprint density at radius 3 is 1.07 bits per heavy atom. The first kappa shape index (κ1) is 37.7. The molecule has 0 bridgehead atoms. The fraction of sp³-hybridized carbons (Fsp3) is 0. The van der Waals surface area contributed by atoms with E-state index in [-0.39, 0.29) is 0 Å². The molecule has 0 radical (unpaired) electrons. The van der Waals surface area contributed by atoms with Crippen LogP contribution in [-0.4, -0.2) is 18.3 Å². The van der Waals surface area contributed by atoms with E-state index in [2.05, 4.69) is 231 Å². The van der Waals surface area contributed by atoms with Gasteiger partial charge in [-0.15, -0.1) is 0 Å². The van der Waals surface area contributed by atoms with Crippen molar-refractivity contribution in [1.29, 1.82) is 10.5 Å². The Labute approximate surface area is 389 Å². The van der Waals surface area contributed by atoms with E-state index in [1.165, 1.54) is 21.5 Å². The van der Waals surface area contributed by atoms with Crippen LogP contribution in [0.1, 0.15) is 11.1 Å². The third-order valence-electron chi connectivity index (χ3n) is 14.0. The zero-order chi connectivity index (χ0) is 45.0. The maximum atomic E-state index is 11.4. The quantitative estimate of drug-likeness (QED) is 0.173. The minimum atomic E-state index is 0.523. The van der Waals surface area contributed by atoms with E-state index in [1.807, 2.05) is 18.2 Å². The molecule has 0 N–H and O–H groups in total. The summed E-state index contributed by atoms with van der Waals surface area (Å²) in [7, 11) is 0. The van der Waals surface area contributed by atoms with E-state index in [4.69, 9.17) is 0 Å². The van der Waals surface area contributed by atoms with Gasteiger partial charge in [-0.2, -0.15) is 10.5 Å². The first-order chi connectivity index (χ1) is 33.7. The molecule has 0 saturated heterocycles. The van der Waals surface area contributed by atoms with Gasteiger partial charge in [0.15, 0.2) is 0 Å². The molecule has 0 aliphatic carbocycles. The van der Waals surface area contributed by atoms with Crippen molar-refractivity contribution in [3.8, 4) is 46.0 Å². The number of nitrogens with zero attached hydrogens (tertiary/aromatic N) is 6. The van der Waals surface area contributed by atoms with Gasteiger partial charge in [-0.05, 0) is 90.5 Å². The molecule has 0 saturated carbocycles. The zero-order valence-electron chi connectivity index (χ0n) is 36.5. The van der Waals surface area contributed by atoms with Crippen LogP contribution in [0.15, 0.2) is 218 Å². The summed E-state index contributed by atoms with van der Waals surface area (Å²) in [4.78, 5) is 0. The second kappa shape index (κ2) is 14.4. The number of fused-ring (bicyclic) bond motifs is 12. The smallest absolute Gasteiger partial charge is 0.101 e. The number of nitriles is 2. The molecular formula is C62H36N6. The van der Waals surface area contributed by atoms with Gasteiger partial charge in [0.25, 0.3) is 0 Å². The second-order valence-electron chi connectivity index (χ2n) is 17.5. The Balaban J connectivity index is 1.07.